The highest BCUT2D eigenvalue weighted by atomic mass is 16.2. The third-order valence-electron chi connectivity index (χ3n) is 5.09. The van der Waals surface area contributed by atoms with Crippen LogP contribution >= 0.6 is 0 Å². The molecule has 0 radical (unpaired) electrons. The summed E-state index contributed by atoms with van der Waals surface area (Å²) in [4.78, 5) is 28.0. The molecule has 2 aliphatic rings. The number of hydrogen-bond acceptors (Lipinski definition) is 2. The van der Waals surface area contributed by atoms with E-state index in [1.54, 1.807) is 6.92 Å². The Balaban J connectivity index is 1.75. The molecular weight excluding hydrogens is 288 g/mol. The maximum absolute atomic E-state index is 12.4. The first kappa shape index (κ1) is 18.0. The third-order valence-corrected chi connectivity index (χ3v) is 5.09. The maximum atomic E-state index is 12.4. The van der Waals surface area contributed by atoms with E-state index >= 15 is 0 Å². The predicted octanol–water partition coefficient (Wildman–Crippen LogP) is 3.52. The van der Waals surface area contributed by atoms with Gasteiger partial charge >= 0.3 is 0 Å². The molecule has 0 aromatic rings. The molecular formula is C19H32N2O2. The van der Waals surface area contributed by atoms with E-state index in [2.05, 4.69) is 6.08 Å². The maximum Gasteiger partial charge on any atom is 0.224 e. The number of carbonyl (C=O) groups excluding carboxylic acids is 2. The van der Waals surface area contributed by atoms with Crippen LogP contribution in [0, 0.1) is 0 Å². The fourth-order valence-corrected chi connectivity index (χ4v) is 3.55. The Morgan fingerprint density at radius 1 is 1.04 bits per heavy atom. The molecule has 0 saturated carbocycles. The Hall–Kier alpha value is -1.32. The number of rotatable bonds is 6. The number of amides is 2. The Kier molecular flexibility index (Phi) is 7.63. The van der Waals surface area contributed by atoms with Crippen molar-refractivity contribution >= 4 is 11.8 Å². The van der Waals surface area contributed by atoms with Crippen molar-refractivity contribution in [1.29, 1.82) is 0 Å². The number of carbonyl (C=O) groups is 2. The average molecular weight is 320 g/mol. The van der Waals surface area contributed by atoms with Crippen LogP contribution in [0.15, 0.2) is 11.6 Å². The fourth-order valence-electron chi connectivity index (χ4n) is 3.55. The first-order valence-electron chi connectivity index (χ1n) is 9.38. The molecule has 23 heavy (non-hydrogen) atoms. The van der Waals surface area contributed by atoms with Gasteiger partial charge in [0.1, 0.15) is 0 Å². The summed E-state index contributed by atoms with van der Waals surface area (Å²) in [6, 6.07) is 0. The molecule has 0 aromatic carbocycles. The lowest BCUT2D eigenvalue weighted by atomic mass is 9.97. The highest BCUT2D eigenvalue weighted by Gasteiger charge is 2.18. The zero-order chi connectivity index (χ0) is 16.5. The minimum Gasteiger partial charge on any atom is -0.343 e. The van der Waals surface area contributed by atoms with E-state index in [0.717, 1.165) is 38.9 Å². The lowest BCUT2D eigenvalue weighted by molar-refractivity contribution is -0.133. The van der Waals surface area contributed by atoms with Gasteiger partial charge in [0.25, 0.3) is 0 Å². The van der Waals surface area contributed by atoms with Gasteiger partial charge in [0.15, 0.2) is 0 Å². The topological polar surface area (TPSA) is 40.6 Å². The summed E-state index contributed by atoms with van der Waals surface area (Å²) >= 11 is 0. The quantitative estimate of drug-likeness (QED) is 0.703. The van der Waals surface area contributed by atoms with Crippen molar-refractivity contribution in [2.24, 2.45) is 0 Å². The average Bonchev–Trinajstić information content (AvgIpc) is 2.84. The summed E-state index contributed by atoms with van der Waals surface area (Å²) in [6.45, 7) is 4.73. The van der Waals surface area contributed by atoms with Crippen molar-refractivity contribution < 1.29 is 9.59 Å². The largest absolute Gasteiger partial charge is 0.343 e. The SMILES string of the molecule is CC(=O)N(CCC(=O)N1CCCCCC1)CCC1=CCCCC1. The Labute approximate surface area is 140 Å². The summed E-state index contributed by atoms with van der Waals surface area (Å²) in [7, 11) is 0. The highest BCUT2D eigenvalue weighted by molar-refractivity contribution is 5.78. The predicted molar refractivity (Wildman–Crippen MR) is 93.1 cm³/mol. The molecule has 4 heteroatoms. The summed E-state index contributed by atoms with van der Waals surface area (Å²) in [5.41, 5.74) is 1.49. The van der Waals surface area contributed by atoms with Crippen LogP contribution < -0.4 is 0 Å². The van der Waals surface area contributed by atoms with E-state index in [0.29, 0.717) is 13.0 Å². The monoisotopic (exact) mass is 320 g/mol. The molecule has 0 unspecified atom stereocenters. The van der Waals surface area contributed by atoms with E-state index in [9.17, 15) is 9.59 Å². The van der Waals surface area contributed by atoms with E-state index in [4.69, 9.17) is 0 Å². The molecule has 1 aliphatic carbocycles. The Morgan fingerprint density at radius 3 is 2.39 bits per heavy atom. The van der Waals surface area contributed by atoms with Gasteiger partial charge in [0.05, 0.1) is 0 Å². The van der Waals surface area contributed by atoms with Gasteiger partial charge in [-0.15, -0.1) is 0 Å². The van der Waals surface area contributed by atoms with E-state index in [-0.39, 0.29) is 11.8 Å². The molecule has 1 aliphatic heterocycles. The van der Waals surface area contributed by atoms with Gasteiger partial charge < -0.3 is 9.80 Å². The molecule has 1 fully saturated rings. The van der Waals surface area contributed by atoms with Crippen molar-refractivity contribution in [2.75, 3.05) is 26.2 Å². The van der Waals surface area contributed by atoms with Gasteiger partial charge in [-0.2, -0.15) is 0 Å². The molecule has 0 N–H and O–H groups in total. The number of nitrogens with zero attached hydrogens (tertiary/aromatic N) is 2. The molecule has 2 rings (SSSR count). The summed E-state index contributed by atoms with van der Waals surface area (Å²) in [5, 5.41) is 0. The smallest absolute Gasteiger partial charge is 0.224 e. The molecule has 0 spiro atoms. The van der Waals surface area contributed by atoms with Crippen molar-refractivity contribution in [1.82, 2.24) is 9.80 Å². The van der Waals surface area contributed by atoms with Crippen molar-refractivity contribution in [3.63, 3.8) is 0 Å². The van der Waals surface area contributed by atoms with Gasteiger partial charge in [0.2, 0.25) is 11.8 Å². The Bertz CT molecular complexity index is 423. The molecule has 4 nitrogen and oxygen atoms in total. The molecule has 0 aromatic heterocycles. The second-order valence-electron chi connectivity index (χ2n) is 6.91. The molecule has 1 heterocycles. The lowest BCUT2D eigenvalue weighted by Gasteiger charge is -2.25. The van der Waals surface area contributed by atoms with Gasteiger partial charge in [-0.25, -0.2) is 0 Å². The standard InChI is InChI=1S/C19H32N2O2/c1-17(22)20(15-11-18-9-5-4-6-10-18)16-12-19(23)21-13-7-2-3-8-14-21/h9H,2-8,10-16H2,1H3. The number of likely N-dealkylation sites (tertiary alicyclic amines) is 1. The summed E-state index contributed by atoms with van der Waals surface area (Å²) in [6.07, 6.45) is 13.4. The lowest BCUT2D eigenvalue weighted by Crippen LogP contribution is -2.37. The van der Waals surface area contributed by atoms with Crippen LogP contribution in [0.25, 0.3) is 0 Å². The van der Waals surface area contributed by atoms with Crippen molar-refractivity contribution in [2.45, 2.75) is 71.1 Å². The summed E-state index contributed by atoms with van der Waals surface area (Å²) < 4.78 is 0. The van der Waals surface area contributed by atoms with Gasteiger partial charge in [-0.1, -0.05) is 24.5 Å². The summed E-state index contributed by atoms with van der Waals surface area (Å²) in [5.74, 6) is 0.306. The van der Waals surface area contributed by atoms with E-state index < -0.39 is 0 Å². The van der Waals surface area contributed by atoms with Gasteiger partial charge in [-0.05, 0) is 44.9 Å². The fraction of sp³-hybridized carbons (Fsp3) is 0.789. The van der Waals surface area contributed by atoms with Crippen LogP contribution in [0.5, 0.6) is 0 Å². The minimum absolute atomic E-state index is 0.0880. The highest BCUT2D eigenvalue weighted by Crippen LogP contribution is 2.20. The molecule has 2 amide bonds. The van der Waals surface area contributed by atoms with Crippen LogP contribution in [0.1, 0.15) is 71.1 Å². The first-order valence-corrected chi connectivity index (χ1v) is 9.38. The molecule has 1 saturated heterocycles. The number of hydrogen-bond donors (Lipinski definition) is 0. The van der Waals surface area contributed by atoms with E-state index in [1.165, 1.54) is 44.1 Å². The minimum atomic E-state index is 0.0880. The van der Waals surface area contributed by atoms with Crippen molar-refractivity contribution in [3.05, 3.63) is 11.6 Å². The zero-order valence-electron chi connectivity index (χ0n) is 14.7. The number of allylic oxidation sites excluding steroid dienone is 1. The van der Waals surface area contributed by atoms with Crippen LogP contribution in [-0.2, 0) is 9.59 Å². The van der Waals surface area contributed by atoms with Crippen molar-refractivity contribution in [3.8, 4) is 0 Å². The molecule has 130 valence electrons. The second-order valence-corrected chi connectivity index (χ2v) is 6.91. The normalized spacial score (nSPS) is 19.0. The molecule has 0 bridgehead atoms. The molecule has 0 atom stereocenters. The van der Waals surface area contributed by atoms with Crippen LogP contribution in [-0.4, -0.2) is 47.8 Å². The third kappa shape index (κ3) is 6.36. The van der Waals surface area contributed by atoms with Crippen LogP contribution in [0.4, 0.5) is 0 Å². The zero-order valence-corrected chi connectivity index (χ0v) is 14.7. The van der Waals surface area contributed by atoms with Crippen LogP contribution in [0.3, 0.4) is 0 Å². The second kappa shape index (κ2) is 9.74. The van der Waals surface area contributed by atoms with E-state index in [1.807, 2.05) is 9.80 Å². The first-order chi connectivity index (χ1) is 11.2. The Morgan fingerprint density at radius 2 is 1.78 bits per heavy atom. The van der Waals surface area contributed by atoms with Crippen LogP contribution in [0.2, 0.25) is 0 Å². The van der Waals surface area contributed by atoms with Gasteiger partial charge in [0, 0.05) is 39.5 Å². The van der Waals surface area contributed by atoms with Gasteiger partial charge in [-0.3, -0.25) is 9.59 Å².